The summed E-state index contributed by atoms with van der Waals surface area (Å²) in [5.41, 5.74) is 5.79. The van der Waals surface area contributed by atoms with Gasteiger partial charge in [0.05, 0.1) is 0 Å². The van der Waals surface area contributed by atoms with Crippen LogP contribution in [-0.2, 0) is 17.6 Å². The Labute approximate surface area is 144 Å². The van der Waals surface area contributed by atoms with Crippen molar-refractivity contribution >= 4 is 17.8 Å². The number of hydrogen-bond donors (Lipinski definition) is 1. The van der Waals surface area contributed by atoms with E-state index in [0.717, 1.165) is 28.3 Å². The fourth-order valence-corrected chi connectivity index (χ4v) is 2.46. The van der Waals surface area contributed by atoms with Crippen molar-refractivity contribution in [1.82, 2.24) is 0 Å². The van der Waals surface area contributed by atoms with Crippen molar-refractivity contribution in [3.05, 3.63) is 63.8 Å². The molecule has 0 heterocycles. The van der Waals surface area contributed by atoms with E-state index in [-0.39, 0.29) is 5.78 Å². The Morgan fingerprint density at radius 2 is 1.38 bits per heavy atom. The standard InChI is InChI=1S/C21H26O3/c1-14(2)6-9-18-12-17(8-11-20(23)24)13-19(10-7-15(3)4)21(18)16(5)22/h6-8,11-13H,9-10H2,1-5H3,(H,23,24)/b11-8+. The van der Waals surface area contributed by atoms with Gasteiger partial charge in [-0.05, 0) is 70.2 Å². The number of benzene rings is 1. The number of rotatable bonds is 7. The molecule has 0 saturated heterocycles. The molecule has 0 bridgehead atoms. The van der Waals surface area contributed by atoms with E-state index in [1.165, 1.54) is 11.1 Å². The second-order valence-electron chi connectivity index (χ2n) is 6.41. The first-order chi connectivity index (χ1) is 11.2. The molecule has 0 amide bonds. The second kappa shape index (κ2) is 9.02. The van der Waals surface area contributed by atoms with E-state index in [2.05, 4.69) is 12.2 Å². The molecule has 3 heteroatoms. The number of carbonyl (C=O) groups is 2. The predicted octanol–water partition coefficient (Wildman–Crippen LogP) is 5.00. The summed E-state index contributed by atoms with van der Waals surface area (Å²) < 4.78 is 0. The third-order valence-electron chi connectivity index (χ3n) is 3.55. The topological polar surface area (TPSA) is 54.4 Å². The number of allylic oxidation sites excluding steroid dienone is 4. The van der Waals surface area contributed by atoms with Gasteiger partial charge in [0.25, 0.3) is 0 Å². The van der Waals surface area contributed by atoms with Crippen LogP contribution in [0.5, 0.6) is 0 Å². The van der Waals surface area contributed by atoms with Gasteiger partial charge in [0.15, 0.2) is 5.78 Å². The number of carboxylic acids is 1. The van der Waals surface area contributed by atoms with Crippen LogP contribution in [0, 0.1) is 0 Å². The van der Waals surface area contributed by atoms with Crippen LogP contribution in [0.1, 0.15) is 61.7 Å². The van der Waals surface area contributed by atoms with Crippen LogP contribution < -0.4 is 0 Å². The molecule has 0 saturated carbocycles. The highest BCUT2D eigenvalue weighted by Crippen LogP contribution is 2.22. The summed E-state index contributed by atoms with van der Waals surface area (Å²) >= 11 is 0. The molecule has 0 aliphatic rings. The maximum absolute atomic E-state index is 12.2. The van der Waals surface area contributed by atoms with Gasteiger partial charge in [-0.1, -0.05) is 35.4 Å². The van der Waals surface area contributed by atoms with Crippen LogP contribution in [0.2, 0.25) is 0 Å². The van der Waals surface area contributed by atoms with Gasteiger partial charge in [0.1, 0.15) is 0 Å². The lowest BCUT2D eigenvalue weighted by molar-refractivity contribution is -0.131. The summed E-state index contributed by atoms with van der Waals surface area (Å²) in [7, 11) is 0. The van der Waals surface area contributed by atoms with Gasteiger partial charge >= 0.3 is 5.97 Å². The quantitative estimate of drug-likeness (QED) is 0.435. The first-order valence-corrected chi connectivity index (χ1v) is 8.05. The second-order valence-corrected chi connectivity index (χ2v) is 6.41. The van der Waals surface area contributed by atoms with Crippen molar-refractivity contribution in [2.75, 3.05) is 0 Å². The average Bonchev–Trinajstić information content (AvgIpc) is 2.47. The van der Waals surface area contributed by atoms with Crippen molar-refractivity contribution in [2.24, 2.45) is 0 Å². The van der Waals surface area contributed by atoms with Gasteiger partial charge in [0, 0.05) is 11.6 Å². The number of ketones is 1. The molecule has 1 aromatic rings. The zero-order valence-electron chi connectivity index (χ0n) is 15.1. The van der Waals surface area contributed by atoms with Crippen molar-refractivity contribution < 1.29 is 14.7 Å². The van der Waals surface area contributed by atoms with E-state index >= 15 is 0 Å². The lowest BCUT2D eigenvalue weighted by atomic mass is 9.90. The molecule has 0 atom stereocenters. The summed E-state index contributed by atoms with van der Waals surface area (Å²) in [4.78, 5) is 23.0. The summed E-state index contributed by atoms with van der Waals surface area (Å²) in [6.07, 6.45) is 8.18. The number of Topliss-reactive ketones (excluding diaryl/α,β-unsaturated/α-hetero) is 1. The van der Waals surface area contributed by atoms with Gasteiger partial charge in [-0.2, -0.15) is 0 Å². The minimum atomic E-state index is -0.984. The maximum Gasteiger partial charge on any atom is 0.328 e. The Hall–Kier alpha value is -2.42. The Morgan fingerprint density at radius 3 is 1.71 bits per heavy atom. The molecular weight excluding hydrogens is 300 g/mol. The van der Waals surface area contributed by atoms with E-state index in [1.807, 2.05) is 39.8 Å². The lowest BCUT2D eigenvalue weighted by Gasteiger charge is -2.13. The largest absolute Gasteiger partial charge is 0.478 e. The van der Waals surface area contributed by atoms with E-state index in [4.69, 9.17) is 5.11 Å². The highest BCUT2D eigenvalue weighted by atomic mass is 16.4. The molecule has 24 heavy (non-hydrogen) atoms. The fraction of sp³-hybridized carbons (Fsp3) is 0.333. The summed E-state index contributed by atoms with van der Waals surface area (Å²) in [5, 5.41) is 8.85. The van der Waals surface area contributed by atoms with Crippen molar-refractivity contribution in [2.45, 2.75) is 47.5 Å². The molecule has 1 N–H and O–H groups in total. The SMILES string of the molecule is CC(=O)c1c(CC=C(C)C)cc(/C=C/C(=O)O)cc1CC=C(C)C. The Kier molecular flexibility index (Phi) is 7.37. The highest BCUT2D eigenvalue weighted by molar-refractivity contribution is 5.97. The summed E-state index contributed by atoms with van der Waals surface area (Å²) in [6, 6.07) is 3.81. The number of carbonyl (C=O) groups excluding carboxylic acids is 1. The lowest BCUT2D eigenvalue weighted by Crippen LogP contribution is -2.06. The molecule has 0 spiro atoms. The number of hydrogen-bond acceptors (Lipinski definition) is 2. The van der Waals surface area contributed by atoms with Crippen LogP contribution in [0.15, 0.2) is 41.5 Å². The van der Waals surface area contributed by atoms with Crippen molar-refractivity contribution in [3.63, 3.8) is 0 Å². The normalized spacial score (nSPS) is 10.5. The van der Waals surface area contributed by atoms with E-state index < -0.39 is 5.97 Å². The van der Waals surface area contributed by atoms with Crippen LogP contribution in [0.25, 0.3) is 6.08 Å². The third-order valence-corrected chi connectivity index (χ3v) is 3.55. The Balaban J connectivity index is 3.50. The first kappa shape index (κ1) is 19.6. The van der Waals surface area contributed by atoms with E-state index in [1.54, 1.807) is 13.0 Å². The molecule has 0 fully saturated rings. The molecule has 3 nitrogen and oxygen atoms in total. The number of aliphatic carboxylic acids is 1. The predicted molar refractivity (Wildman–Crippen MR) is 99.4 cm³/mol. The molecule has 0 radical (unpaired) electrons. The molecule has 0 aliphatic heterocycles. The van der Waals surface area contributed by atoms with Gasteiger partial charge in [-0.25, -0.2) is 4.79 Å². The van der Waals surface area contributed by atoms with Crippen molar-refractivity contribution in [3.8, 4) is 0 Å². The minimum Gasteiger partial charge on any atom is -0.478 e. The molecule has 0 unspecified atom stereocenters. The zero-order chi connectivity index (χ0) is 18.3. The van der Waals surface area contributed by atoms with E-state index in [9.17, 15) is 9.59 Å². The monoisotopic (exact) mass is 326 g/mol. The van der Waals surface area contributed by atoms with Crippen LogP contribution >= 0.6 is 0 Å². The summed E-state index contributed by atoms with van der Waals surface area (Å²) in [5.74, 6) is -0.944. The van der Waals surface area contributed by atoms with Crippen LogP contribution in [0.4, 0.5) is 0 Å². The third kappa shape index (κ3) is 6.37. The minimum absolute atomic E-state index is 0.0399. The van der Waals surface area contributed by atoms with Crippen LogP contribution in [0.3, 0.4) is 0 Å². The van der Waals surface area contributed by atoms with E-state index in [0.29, 0.717) is 12.8 Å². The van der Waals surface area contributed by atoms with Gasteiger partial charge in [0.2, 0.25) is 0 Å². The van der Waals surface area contributed by atoms with Gasteiger partial charge in [-0.3, -0.25) is 4.79 Å². The molecular formula is C21H26O3. The van der Waals surface area contributed by atoms with Gasteiger partial charge in [-0.15, -0.1) is 0 Å². The fourth-order valence-electron chi connectivity index (χ4n) is 2.46. The van der Waals surface area contributed by atoms with Gasteiger partial charge < -0.3 is 5.11 Å². The Bertz CT molecular complexity index is 670. The summed E-state index contributed by atoms with van der Waals surface area (Å²) in [6.45, 7) is 9.66. The first-order valence-electron chi connectivity index (χ1n) is 8.05. The smallest absolute Gasteiger partial charge is 0.328 e. The molecule has 0 aromatic heterocycles. The zero-order valence-corrected chi connectivity index (χ0v) is 15.1. The Morgan fingerprint density at radius 1 is 0.917 bits per heavy atom. The maximum atomic E-state index is 12.2. The molecule has 1 rings (SSSR count). The van der Waals surface area contributed by atoms with Crippen LogP contribution in [-0.4, -0.2) is 16.9 Å². The molecule has 1 aromatic carbocycles. The average molecular weight is 326 g/mol. The molecule has 128 valence electrons. The highest BCUT2D eigenvalue weighted by Gasteiger charge is 2.13. The number of carboxylic acid groups (broad SMARTS) is 1. The van der Waals surface area contributed by atoms with Crippen molar-refractivity contribution in [1.29, 1.82) is 0 Å². The molecule has 0 aliphatic carbocycles.